The number of rotatable bonds is 4. The van der Waals surface area contributed by atoms with Crippen molar-refractivity contribution in [2.24, 2.45) is 5.10 Å². The van der Waals surface area contributed by atoms with Gasteiger partial charge in [0, 0.05) is 0 Å². The van der Waals surface area contributed by atoms with Crippen molar-refractivity contribution in [3.8, 4) is 0 Å². The normalized spacial score (nSPS) is 17.4. The number of furan rings is 1. The van der Waals surface area contributed by atoms with Gasteiger partial charge in [0.2, 0.25) is 0 Å². The summed E-state index contributed by atoms with van der Waals surface area (Å²) in [6, 6.07) is 3.56. The van der Waals surface area contributed by atoms with Gasteiger partial charge >= 0.3 is 0 Å². The fourth-order valence-corrected chi connectivity index (χ4v) is 2.03. The number of amides is 1. The van der Waals surface area contributed by atoms with Crippen LogP contribution >= 0.6 is 0 Å². The first kappa shape index (κ1) is 11.9. The van der Waals surface area contributed by atoms with Crippen LogP contribution in [0.5, 0.6) is 0 Å². The smallest absolute Gasteiger partial charge is 0.295 e. The summed E-state index contributed by atoms with van der Waals surface area (Å²) in [5.74, 6) is 0.598. The molecule has 1 aromatic heterocycles. The van der Waals surface area contributed by atoms with Crippen LogP contribution in [0.1, 0.15) is 25.0 Å². The third kappa shape index (κ3) is 4.03. The highest BCUT2D eigenvalue weighted by molar-refractivity contribution is 5.80. The summed E-state index contributed by atoms with van der Waals surface area (Å²) in [6.45, 7) is 2.69. The number of likely N-dealkylation sites (tertiary alicyclic amines) is 1. The van der Waals surface area contributed by atoms with Gasteiger partial charge in [-0.1, -0.05) is 0 Å². The zero-order valence-electron chi connectivity index (χ0n) is 9.82. The Morgan fingerprint density at radius 1 is 1.47 bits per heavy atom. The van der Waals surface area contributed by atoms with Gasteiger partial charge < -0.3 is 9.32 Å². The molecule has 1 saturated heterocycles. The van der Waals surface area contributed by atoms with Crippen molar-refractivity contribution in [2.75, 3.05) is 19.6 Å². The minimum atomic E-state index is -0.0373. The molecule has 2 N–H and O–H groups in total. The molecule has 92 valence electrons. The van der Waals surface area contributed by atoms with Gasteiger partial charge in [-0.15, -0.1) is 0 Å². The van der Waals surface area contributed by atoms with Gasteiger partial charge in [0.1, 0.15) is 5.76 Å². The van der Waals surface area contributed by atoms with Gasteiger partial charge in [0.25, 0.3) is 5.91 Å². The summed E-state index contributed by atoms with van der Waals surface area (Å²) in [5, 5.41) is 3.85. The second-order valence-electron chi connectivity index (χ2n) is 4.30. The van der Waals surface area contributed by atoms with Gasteiger partial charge in [-0.05, 0) is 31.4 Å². The number of hydrogen-bond donors (Lipinski definition) is 2. The number of carbonyl (C=O) groups is 1. The first-order chi connectivity index (χ1) is 8.34. The molecule has 5 heteroatoms. The molecule has 1 aliphatic heterocycles. The third-order valence-corrected chi connectivity index (χ3v) is 2.90. The maximum atomic E-state index is 11.6. The van der Waals surface area contributed by atoms with Gasteiger partial charge in [0.05, 0.1) is 25.6 Å². The lowest BCUT2D eigenvalue weighted by Gasteiger charge is -2.22. The molecule has 0 atom stereocenters. The van der Waals surface area contributed by atoms with Crippen LogP contribution in [0.3, 0.4) is 0 Å². The molecule has 1 aromatic rings. The Hall–Kier alpha value is -1.62. The molecule has 1 aliphatic rings. The van der Waals surface area contributed by atoms with Crippen LogP contribution in [0.4, 0.5) is 0 Å². The molecule has 0 bridgehead atoms. The largest absolute Gasteiger partial charge is 0.463 e. The molecule has 0 saturated carbocycles. The van der Waals surface area contributed by atoms with Gasteiger partial charge in [-0.2, -0.15) is 5.10 Å². The highest BCUT2D eigenvalue weighted by Gasteiger charge is 2.16. The Bertz CT molecular complexity index is 367. The van der Waals surface area contributed by atoms with Crippen LogP contribution in [-0.4, -0.2) is 31.8 Å². The highest BCUT2D eigenvalue weighted by atomic mass is 16.3. The van der Waals surface area contributed by atoms with E-state index in [0.29, 0.717) is 12.3 Å². The molecule has 0 radical (unpaired) electrons. The maximum absolute atomic E-state index is 11.6. The SMILES string of the molecule is O=C(C[NH+]1CCCCC1)N/N=C\c1ccco1. The van der Waals surface area contributed by atoms with Crippen molar-refractivity contribution in [3.05, 3.63) is 24.2 Å². The number of nitrogens with one attached hydrogen (secondary N) is 2. The molecular weight excluding hydrogens is 218 g/mol. The van der Waals surface area contributed by atoms with Crippen LogP contribution in [0, 0.1) is 0 Å². The Morgan fingerprint density at radius 2 is 2.29 bits per heavy atom. The predicted molar refractivity (Wildman–Crippen MR) is 63.9 cm³/mol. The summed E-state index contributed by atoms with van der Waals surface area (Å²) < 4.78 is 5.06. The van der Waals surface area contributed by atoms with Crippen molar-refractivity contribution in [3.63, 3.8) is 0 Å². The maximum Gasteiger partial charge on any atom is 0.295 e. The average molecular weight is 236 g/mol. The van der Waals surface area contributed by atoms with Gasteiger partial charge in [0.15, 0.2) is 6.54 Å². The molecule has 2 rings (SSSR count). The van der Waals surface area contributed by atoms with E-state index in [4.69, 9.17) is 4.42 Å². The molecule has 1 amide bonds. The lowest BCUT2D eigenvalue weighted by Crippen LogP contribution is -3.13. The standard InChI is InChI=1S/C12H17N3O2/c16-12(10-15-6-2-1-3-7-15)14-13-9-11-5-4-8-17-11/h4-5,8-9H,1-3,6-7,10H2,(H,14,16)/p+1/b13-9-. The number of nitrogens with zero attached hydrogens (tertiary/aromatic N) is 1. The molecule has 0 aromatic carbocycles. The Labute approximate surface area is 100 Å². The topological polar surface area (TPSA) is 59.0 Å². The lowest BCUT2D eigenvalue weighted by molar-refractivity contribution is -0.896. The summed E-state index contributed by atoms with van der Waals surface area (Å²) in [4.78, 5) is 12.9. The fraction of sp³-hybridized carbons (Fsp3) is 0.500. The molecule has 0 unspecified atom stereocenters. The number of piperidine rings is 1. The second kappa shape index (κ2) is 6.20. The van der Waals surface area contributed by atoms with Gasteiger partial charge in [-0.25, -0.2) is 5.43 Å². The minimum Gasteiger partial charge on any atom is -0.463 e. The zero-order valence-corrected chi connectivity index (χ0v) is 9.82. The van der Waals surface area contributed by atoms with E-state index in [1.165, 1.54) is 30.4 Å². The second-order valence-corrected chi connectivity index (χ2v) is 4.30. The van der Waals surface area contributed by atoms with E-state index in [2.05, 4.69) is 10.5 Å². The fourth-order valence-electron chi connectivity index (χ4n) is 2.03. The van der Waals surface area contributed by atoms with Crippen molar-refractivity contribution in [1.82, 2.24) is 5.43 Å². The van der Waals surface area contributed by atoms with Crippen molar-refractivity contribution >= 4 is 12.1 Å². The quantitative estimate of drug-likeness (QED) is 0.562. The van der Waals surface area contributed by atoms with E-state index in [1.54, 1.807) is 18.4 Å². The summed E-state index contributed by atoms with van der Waals surface area (Å²) in [7, 11) is 0. The van der Waals surface area contributed by atoms with E-state index in [0.717, 1.165) is 13.1 Å². The number of quaternary nitrogens is 1. The summed E-state index contributed by atoms with van der Waals surface area (Å²) >= 11 is 0. The Balaban J connectivity index is 1.70. The zero-order chi connectivity index (χ0) is 11.9. The third-order valence-electron chi connectivity index (χ3n) is 2.90. The predicted octanol–water partition coefficient (Wildman–Crippen LogP) is -0.201. The molecule has 17 heavy (non-hydrogen) atoms. The Morgan fingerprint density at radius 3 is 3.00 bits per heavy atom. The number of carbonyl (C=O) groups excluding carboxylic acids is 1. The first-order valence-electron chi connectivity index (χ1n) is 6.03. The van der Waals surface area contributed by atoms with Crippen LogP contribution < -0.4 is 10.3 Å². The molecule has 2 heterocycles. The Kier molecular flexibility index (Phi) is 4.32. The number of hydrazone groups is 1. The minimum absolute atomic E-state index is 0.0373. The van der Waals surface area contributed by atoms with Gasteiger partial charge in [-0.3, -0.25) is 4.79 Å². The van der Waals surface area contributed by atoms with Crippen molar-refractivity contribution in [1.29, 1.82) is 0 Å². The van der Waals surface area contributed by atoms with E-state index < -0.39 is 0 Å². The highest BCUT2D eigenvalue weighted by Crippen LogP contribution is 1.95. The van der Waals surface area contributed by atoms with Crippen LogP contribution in [0.2, 0.25) is 0 Å². The first-order valence-corrected chi connectivity index (χ1v) is 6.03. The van der Waals surface area contributed by atoms with E-state index in [-0.39, 0.29) is 5.91 Å². The van der Waals surface area contributed by atoms with Crippen molar-refractivity contribution < 1.29 is 14.1 Å². The van der Waals surface area contributed by atoms with E-state index >= 15 is 0 Å². The molecule has 0 aliphatic carbocycles. The molecular formula is C12H18N3O2+. The molecule has 1 fully saturated rings. The molecule has 5 nitrogen and oxygen atoms in total. The van der Waals surface area contributed by atoms with Crippen LogP contribution in [-0.2, 0) is 4.79 Å². The summed E-state index contributed by atoms with van der Waals surface area (Å²) in [6.07, 6.45) is 6.81. The van der Waals surface area contributed by atoms with Crippen molar-refractivity contribution in [2.45, 2.75) is 19.3 Å². The summed E-state index contributed by atoms with van der Waals surface area (Å²) in [5.41, 5.74) is 2.52. The van der Waals surface area contributed by atoms with Crippen LogP contribution in [0.25, 0.3) is 0 Å². The van der Waals surface area contributed by atoms with Crippen LogP contribution in [0.15, 0.2) is 27.9 Å². The monoisotopic (exact) mass is 236 g/mol. The van der Waals surface area contributed by atoms with E-state index in [9.17, 15) is 4.79 Å². The van der Waals surface area contributed by atoms with E-state index in [1.807, 2.05) is 0 Å². The lowest BCUT2D eigenvalue weighted by atomic mass is 10.1. The average Bonchev–Trinajstić information content (AvgIpc) is 2.83. The number of hydrogen-bond acceptors (Lipinski definition) is 3. The molecule has 0 spiro atoms.